The van der Waals surface area contributed by atoms with Crippen LogP contribution in [0.15, 0.2) is 24.3 Å². The van der Waals surface area contributed by atoms with Crippen molar-refractivity contribution in [1.29, 1.82) is 0 Å². The average molecular weight is 342 g/mol. The molecule has 1 unspecified atom stereocenters. The molecule has 0 aliphatic carbocycles. The smallest absolute Gasteiger partial charge is 0.225 e. The van der Waals surface area contributed by atoms with Gasteiger partial charge in [-0.1, -0.05) is 25.5 Å². The van der Waals surface area contributed by atoms with Crippen LogP contribution in [0.5, 0.6) is 0 Å². The second-order valence-electron chi connectivity index (χ2n) is 7.35. The topological polar surface area (TPSA) is 50.2 Å². The van der Waals surface area contributed by atoms with Crippen molar-refractivity contribution < 1.29 is 4.79 Å². The fourth-order valence-corrected chi connectivity index (χ4v) is 3.62. The van der Waals surface area contributed by atoms with E-state index in [9.17, 15) is 4.79 Å². The maximum Gasteiger partial charge on any atom is 0.225 e. The Morgan fingerprint density at radius 2 is 2.16 bits per heavy atom. The first-order valence-electron chi connectivity index (χ1n) is 9.60. The van der Waals surface area contributed by atoms with Gasteiger partial charge in [-0.25, -0.2) is 4.98 Å². The Kier molecular flexibility index (Phi) is 5.61. The number of imidazole rings is 1. The minimum Gasteiger partial charge on any atom is -0.354 e. The van der Waals surface area contributed by atoms with Crippen molar-refractivity contribution in [2.75, 3.05) is 18.0 Å². The number of aryl methyl sites for hydroxylation is 1. The number of rotatable bonds is 6. The van der Waals surface area contributed by atoms with Crippen LogP contribution in [-0.4, -0.2) is 34.6 Å². The van der Waals surface area contributed by atoms with E-state index in [1.54, 1.807) is 0 Å². The van der Waals surface area contributed by atoms with Gasteiger partial charge in [-0.2, -0.15) is 0 Å². The number of para-hydroxylation sites is 2. The van der Waals surface area contributed by atoms with Gasteiger partial charge in [0.1, 0.15) is 0 Å². The number of nitrogens with zero attached hydrogens (tertiary/aromatic N) is 3. The van der Waals surface area contributed by atoms with Gasteiger partial charge in [0.2, 0.25) is 11.9 Å². The second-order valence-corrected chi connectivity index (χ2v) is 7.35. The van der Waals surface area contributed by atoms with Crippen molar-refractivity contribution in [2.24, 2.45) is 5.92 Å². The first-order valence-corrected chi connectivity index (χ1v) is 9.60. The first-order chi connectivity index (χ1) is 12.1. The summed E-state index contributed by atoms with van der Waals surface area (Å²) in [5.74, 6) is 1.25. The monoisotopic (exact) mass is 342 g/mol. The lowest BCUT2D eigenvalue weighted by Crippen LogP contribution is -2.45. The molecule has 3 rings (SSSR count). The molecule has 2 aromatic rings. The number of hydrogen-bond acceptors (Lipinski definition) is 3. The van der Waals surface area contributed by atoms with E-state index in [-0.39, 0.29) is 17.9 Å². The summed E-state index contributed by atoms with van der Waals surface area (Å²) in [4.78, 5) is 19.7. The highest BCUT2D eigenvalue weighted by Crippen LogP contribution is 2.27. The zero-order valence-corrected chi connectivity index (χ0v) is 15.7. The van der Waals surface area contributed by atoms with Crippen LogP contribution < -0.4 is 10.2 Å². The van der Waals surface area contributed by atoms with E-state index in [1.165, 1.54) is 5.52 Å². The molecule has 1 aliphatic heterocycles. The van der Waals surface area contributed by atoms with Gasteiger partial charge in [0.25, 0.3) is 0 Å². The number of piperidine rings is 1. The molecule has 136 valence electrons. The zero-order chi connectivity index (χ0) is 17.8. The van der Waals surface area contributed by atoms with E-state index >= 15 is 0 Å². The molecule has 0 saturated carbocycles. The molecule has 1 saturated heterocycles. The third kappa shape index (κ3) is 3.97. The average Bonchev–Trinajstić information content (AvgIpc) is 2.98. The van der Waals surface area contributed by atoms with Crippen LogP contribution in [0.25, 0.3) is 11.0 Å². The van der Waals surface area contributed by atoms with Crippen molar-refractivity contribution in [1.82, 2.24) is 14.9 Å². The highest BCUT2D eigenvalue weighted by atomic mass is 16.2. The number of carbonyl (C=O) groups is 1. The number of anilines is 1. The van der Waals surface area contributed by atoms with E-state index in [0.717, 1.165) is 56.8 Å². The summed E-state index contributed by atoms with van der Waals surface area (Å²) in [7, 11) is 0. The Morgan fingerprint density at radius 3 is 2.92 bits per heavy atom. The van der Waals surface area contributed by atoms with Crippen molar-refractivity contribution in [2.45, 2.75) is 59.0 Å². The SMILES string of the molecule is CCCCn1c(N2CCCC(C(=O)NC(C)C)C2)nc2ccccc21. The molecule has 1 atom stereocenters. The van der Waals surface area contributed by atoms with E-state index in [2.05, 4.69) is 39.9 Å². The summed E-state index contributed by atoms with van der Waals surface area (Å²) < 4.78 is 2.33. The predicted octanol–water partition coefficient (Wildman–Crippen LogP) is 3.58. The molecule has 0 spiro atoms. The Morgan fingerprint density at radius 1 is 1.36 bits per heavy atom. The van der Waals surface area contributed by atoms with Gasteiger partial charge in [0, 0.05) is 25.7 Å². The molecular formula is C20H30N4O. The summed E-state index contributed by atoms with van der Waals surface area (Å²) in [6, 6.07) is 8.53. The molecule has 1 amide bonds. The molecule has 5 nitrogen and oxygen atoms in total. The van der Waals surface area contributed by atoms with Crippen molar-refractivity contribution >= 4 is 22.9 Å². The maximum atomic E-state index is 12.4. The molecule has 5 heteroatoms. The molecule has 1 N–H and O–H groups in total. The van der Waals surface area contributed by atoms with Gasteiger partial charge in [-0.15, -0.1) is 0 Å². The fraction of sp³-hybridized carbons (Fsp3) is 0.600. The van der Waals surface area contributed by atoms with E-state index in [1.807, 2.05) is 19.9 Å². The lowest BCUT2D eigenvalue weighted by Gasteiger charge is -2.33. The number of amides is 1. The van der Waals surface area contributed by atoms with E-state index < -0.39 is 0 Å². The quantitative estimate of drug-likeness (QED) is 0.873. The predicted molar refractivity (Wildman–Crippen MR) is 103 cm³/mol. The van der Waals surface area contributed by atoms with Crippen LogP contribution in [0.4, 0.5) is 5.95 Å². The van der Waals surface area contributed by atoms with E-state index in [0.29, 0.717) is 0 Å². The molecule has 1 aliphatic rings. The Balaban J connectivity index is 1.86. The van der Waals surface area contributed by atoms with Gasteiger partial charge < -0.3 is 14.8 Å². The standard InChI is InChI=1S/C20H30N4O/c1-4-5-13-24-18-11-7-6-10-17(18)22-20(24)23-12-8-9-16(14-23)19(25)21-15(2)3/h6-7,10-11,15-16H,4-5,8-9,12-14H2,1-3H3,(H,21,25). The molecule has 0 radical (unpaired) electrons. The van der Waals surface area contributed by atoms with Crippen LogP contribution in [0.2, 0.25) is 0 Å². The minimum absolute atomic E-state index is 0.0515. The first kappa shape index (κ1) is 17.8. The normalized spacial score (nSPS) is 18.1. The molecule has 1 fully saturated rings. The zero-order valence-electron chi connectivity index (χ0n) is 15.7. The number of fused-ring (bicyclic) bond motifs is 1. The summed E-state index contributed by atoms with van der Waals surface area (Å²) in [6.45, 7) is 8.96. The number of carbonyl (C=O) groups excluding carboxylic acids is 1. The van der Waals surface area contributed by atoms with Crippen molar-refractivity contribution in [3.05, 3.63) is 24.3 Å². The fourth-order valence-electron chi connectivity index (χ4n) is 3.62. The minimum atomic E-state index is 0.0515. The third-order valence-electron chi connectivity index (χ3n) is 4.88. The lowest BCUT2D eigenvalue weighted by molar-refractivity contribution is -0.125. The number of unbranched alkanes of at least 4 members (excludes halogenated alkanes) is 1. The molecule has 1 aromatic heterocycles. The molecule has 25 heavy (non-hydrogen) atoms. The van der Waals surface area contributed by atoms with Crippen LogP contribution in [-0.2, 0) is 11.3 Å². The molecular weight excluding hydrogens is 312 g/mol. The third-order valence-corrected chi connectivity index (χ3v) is 4.88. The van der Waals surface area contributed by atoms with Gasteiger partial charge in [0.15, 0.2) is 0 Å². The van der Waals surface area contributed by atoms with Crippen molar-refractivity contribution in [3.63, 3.8) is 0 Å². The largest absolute Gasteiger partial charge is 0.354 e. The molecule has 2 heterocycles. The van der Waals surface area contributed by atoms with Crippen LogP contribution in [0, 0.1) is 5.92 Å². The summed E-state index contributed by atoms with van der Waals surface area (Å²) in [5, 5.41) is 3.07. The molecule has 1 aromatic carbocycles. The Bertz CT molecular complexity index is 722. The van der Waals surface area contributed by atoms with Gasteiger partial charge >= 0.3 is 0 Å². The van der Waals surface area contributed by atoms with Crippen molar-refractivity contribution in [3.8, 4) is 0 Å². The van der Waals surface area contributed by atoms with Gasteiger partial charge in [0.05, 0.1) is 17.0 Å². The second kappa shape index (κ2) is 7.89. The van der Waals surface area contributed by atoms with Crippen LogP contribution in [0.3, 0.4) is 0 Å². The van der Waals surface area contributed by atoms with Crippen LogP contribution >= 0.6 is 0 Å². The number of benzene rings is 1. The highest BCUT2D eigenvalue weighted by molar-refractivity contribution is 5.81. The number of nitrogens with one attached hydrogen (secondary N) is 1. The number of aromatic nitrogens is 2. The molecule has 0 bridgehead atoms. The maximum absolute atomic E-state index is 12.4. The summed E-state index contributed by atoms with van der Waals surface area (Å²) in [5.41, 5.74) is 2.24. The lowest BCUT2D eigenvalue weighted by atomic mass is 9.97. The summed E-state index contributed by atoms with van der Waals surface area (Å²) >= 11 is 0. The number of hydrogen-bond donors (Lipinski definition) is 1. The van der Waals surface area contributed by atoms with Crippen LogP contribution in [0.1, 0.15) is 46.5 Å². The summed E-state index contributed by atoms with van der Waals surface area (Å²) in [6.07, 6.45) is 4.29. The Hall–Kier alpha value is -2.04. The highest BCUT2D eigenvalue weighted by Gasteiger charge is 2.28. The van der Waals surface area contributed by atoms with E-state index in [4.69, 9.17) is 4.98 Å². The van der Waals surface area contributed by atoms with Gasteiger partial charge in [-0.05, 0) is 45.2 Å². The Labute approximate surface area is 150 Å². The van der Waals surface area contributed by atoms with Gasteiger partial charge in [-0.3, -0.25) is 4.79 Å².